The predicted molar refractivity (Wildman–Crippen MR) is 83.2 cm³/mol. The molecule has 1 atom stereocenters. The van der Waals surface area contributed by atoms with E-state index in [0.717, 1.165) is 38.2 Å². The maximum atomic E-state index is 12.0. The number of nitrogens with one attached hydrogen (secondary N) is 2. The number of anilines is 1. The molecule has 1 aromatic rings. The second kappa shape index (κ2) is 6.75. The van der Waals surface area contributed by atoms with E-state index in [0.29, 0.717) is 0 Å². The van der Waals surface area contributed by atoms with E-state index in [1.165, 1.54) is 11.1 Å². The third-order valence-electron chi connectivity index (χ3n) is 4.05. The average Bonchev–Trinajstić information content (AvgIpc) is 2.43. The smallest absolute Gasteiger partial charge is 0.319 e. The van der Waals surface area contributed by atoms with Crippen molar-refractivity contribution in [2.45, 2.75) is 39.7 Å². The largest absolute Gasteiger partial charge is 0.334 e. The van der Waals surface area contributed by atoms with Gasteiger partial charge in [-0.15, -0.1) is 0 Å². The van der Waals surface area contributed by atoms with Gasteiger partial charge in [-0.25, -0.2) is 4.79 Å². The minimum absolute atomic E-state index is 0.101. The van der Waals surface area contributed by atoms with Gasteiger partial charge in [-0.2, -0.15) is 0 Å². The van der Waals surface area contributed by atoms with E-state index in [1.54, 1.807) is 0 Å². The summed E-state index contributed by atoms with van der Waals surface area (Å²) in [5.41, 5.74) is 3.29. The first-order chi connectivity index (χ1) is 9.58. The predicted octanol–water partition coefficient (Wildman–Crippen LogP) is 2.91. The number of benzene rings is 1. The summed E-state index contributed by atoms with van der Waals surface area (Å²) in [4.78, 5) is 14.4. The van der Waals surface area contributed by atoms with E-state index in [1.807, 2.05) is 18.2 Å². The van der Waals surface area contributed by atoms with Gasteiger partial charge in [-0.3, -0.25) is 0 Å². The molecule has 1 unspecified atom stereocenters. The molecule has 1 aliphatic rings. The number of hydrogen-bond acceptors (Lipinski definition) is 2. The quantitative estimate of drug-likeness (QED) is 0.891. The van der Waals surface area contributed by atoms with Gasteiger partial charge in [-0.1, -0.05) is 13.0 Å². The normalized spacial score (nSPS) is 19.6. The second-order valence-electron chi connectivity index (χ2n) is 5.63. The summed E-state index contributed by atoms with van der Waals surface area (Å²) in [6.07, 6.45) is 2.22. The lowest BCUT2D eigenvalue weighted by Gasteiger charge is -2.32. The number of carbonyl (C=O) groups is 1. The fourth-order valence-electron chi connectivity index (χ4n) is 2.63. The summed E-state index contributed by atoms with van der Waals surface area (Å²) in [6, 6.07) is 6.14. The lowest BCUT2D eigenvalue weighted by Crippen LogP contribution is -2.48. The molecule has 0 aromatic heterocycles. The molecule has 2 amide bonds. The van der Waals surface area contributed by atoms with Crippen molar-refractivity contribution in [3.05, 3.63) is 29.3 Å². The number of aryl methyl sites for hydroxylation is 2. The van der Waals surface area contributed by atoms with Gasteiger partial charge in [-0.05, 0) is 63.0 Å². The Morgan fingerprint density at radius 1 is 1.35 bits per heavy atom. The molecule has 1 fully saturated rings. The molecule has 1 heterocycles. The van der Waals surface area contributed by atoms with Crippen LogP contribution in [0.2, 0.25) is 0 Å². The third-order valence-corrected chi connectivity index (χ3v) is 4.05. The van der Waals surface area contributed by atoms with Crippen LogP contribution in [0.5, 0.6) is 0 Å². The topological polar surface area (TPSA) is 44.4 Å². The van der Waals surface area contributed by atoms with Crippen LogP contribution in [0, 0.1) is 13.8 Å². The number of hydrogen-bond donors (Lipinski definition) is 2. The lowest BCUT2D eigenvalue weighted by atomic mass is 10.1. The zero-order valence-electron chi connectivity index (χ0n) is 12.7. The molecule has 2 rings (SSSR count). The number of likely N-dealkylation sites (N-methyl/N-ethyl adjacent to an activating group) is 1. The highest BCUT2D eigenvalue weighted by Crippen LogP contribution is 2.14. The van der Waals surface area contributed by atoms with Gasteiger partial charge in [0.05, 0.1) is 0 Å². The minimum atomic E-state index is -0.101. The number of likely N-dealkylation sites (tertiary alicyclic amines) is 1. The van der Waals surface area contributed by atoms with Crippen LogP contribution in [0.25, 0.3) is 0 Å². The van der Waals surface area contributed by atoms with E-state index < -0.39 is 0 Å². The number of carbonyl (C=O) groups excluding carboxylic acids is 1. The van der Waals surface area contributed by atoms with Crippen LogP contribution in [0.3, 0.4) is 0 Å². The molecular weight excluding hydrogens is 250 g/mol. The highest BCUT2D eigenvalue weighted by Gasteiger charge is 2.20. The first-order valence-electron chi connectivity index (χ1n) is 7.45. The Bertz CT molecular complexity index is 473. The number of nitrogens with zero attached hydrogens (tertiary/aromatic N) is 1. The molecule has 0 bridgehead atoms. The van der Waals surface area contributed by atoms with E-state index in [9.17, 15) is 4.79 Å². The molecule has 20 heavy (non-hydrogen) atoms. The van der Waals surface area contributed by atoms with Crippen molar-refractivity contribution in [1.82, 2.24) is 10.2 Å². The van der Waals surface area contributed by atoms with Crippen molar-refractivity contribution >= 4 is 11.7 Å². The van der Waals surface area contributed by atoms with Gasteiger partial charge in [0.1, 0.15) is 0 Å². The van der Waals surface area contributed by atoms with Crippen molar-refractivity contribution in [2.24, 2.45) is 0 Å². The molecule has 1 aliphatic heterocycles. The molecule has 0 radical (unpaired) electrons. The van der Waals surface area contributed by atoms with Crippen molar-refractivity contribution in [2.75, 3.05) is 25.0 Å². The van der Waals surface area contributed by atoms with Crippen molar-refractivity contribution in [3.8, 4) is 0 Å². The molecule has 1 aromatic carbocycles. The van der Waals surface area contributed by atoms with Gasteiger partial charge < -0.3 is 15.5 Å². The molecule has 4 nitrogen and oxygen atoms in total. The van der Waals surface area contributed by atoms with Gasteiger partial charge >= 0.3 is 6.03 Å². The van der Waals surface area contributed by atoms with Gasteiger partial charge in [0.15, 0.2) is 0 Å². The van der Waals surface area contributed by atoms with Crippen molar-refractivity contribution in [3.63, 3.8) is 0 Å². The molecule has 1 saturated heterocycles. The summed E-state index contributed by atoms with van der Waals surface area (Å²) < 4.78 is 0. The molecule has 110 valence electrons. The van der Waals surface area contributed by atoms with Crippen LogP contribution < -0.4 is 10.6 Å². The van der Waals surface area contributed by atoms with E-state index in [-0.39, 0.29) is 12.1 Å². The first kappa shape index (κ1) is 14.9. The Kier molecular flexibility index (Phi) is 5.01. The van der Waals surface area contributed by atoms with Crippen molar-refractivity contribution < 1.29 is 4.79 Å². The zero-order chi connectivity index (χ0) is 14.5. The molecule has 0 spiro atoms. The fourth-order valence-corrected chi connectivity index (χ4v) is 2.63. The standard InChI is InChI=1S/C16H25N3O/c1-4-19-9-5-6-15(11-19)18-16(20)17-14-8-7-12(2)13(3)10-14/h7-8,10,15H,4-6,9,11H2,1-3H3,(H2,17,18,20). The maximum absolute atomic E-state index is 12.0. The molecule has 4 heteroatoms. The zero-order valence-corrected chi connectivity index (χ0v) is 12.7. The Balaban J connectivity index is 1.87. The summed E-state index contributed by atoms with van der Waals surface area (Å²) >= 11 is 0. The van der Waals surface area contributed by atoms with E-state index in [4.69, 9.17) is 0 Å². The number of rotatable bonds is 3. The van der Waals surface area contributed by atoms with Crippen LogP contribution in [-0.4, -0.2) is 36.6 Å². The Labute approximate surface area is 121 Å². The van der Waals surface area contributed by atoms with E-state index >= 15 is 0 Å². The van der Waals surface area contributed by atoms with Crippen molar-refractivity contribution in [1.29, 1.82) is 0 Å². The Morgan fingerprint density at radius 3 is 2.85 bits per heavy atom. The third kappa shape index (κ3) is 3.97. The molecule has 0 saturated carbocycles. The monoisotopic (exact) mass is 275 g/mol. The van der Waals surface area contributed by atoms with Gasteiger partial charge in [0.25, 0.3) is 0 Å². The lowest BCUT2D eigenvalue weighted by molar-refractivity contribution is 0.196. The SMILES string of the molecule is CCN1CCCC(NC(=O)Nc2ccc(C)c(C)c2)C1. The van der Waals surface area contributed by atoms with Crippen LogP contribution in [0.15, 0.2) is 18.2 Å². The van der Waals surface area contributed by atoms with Gasteiger partial charge in [0, 0.05) is 18.3 Å². The first-order valence-corrected chi connectivity index (χ1v) is 7.45. The van der Waals surface area contributed by atoms with Crippen LogP contribution >= 0.6 is 0 Å². The number of amides is 2. The molecule has 0 aliphatic carbocycles. The summed E-state index contributed by atoms with van der Waals surface area (Å²) in [5.74, 6) is 0. The number of piperidine rings is 1. The molecular formula is C16H25N3O. The summed E-state index contributed by atoms with van der Waals surface area (Å²) in [6.45, 7) is 9.44. The average molecular weight is 275 g/mol. The maximum Gasteiger partial charge on any atom is 0.319 e. The Hall–Kier alpha value is -1.55. The van der Waals surface area contributed by atoms with Gasteiger partial charge in [0.2, 0.25) is 0 Å². The van der Waals surface area contributed by atoms with Crippen LogP contribution in [0.4, 0.5) is 10.5 Å². The number of urea groups is 1. The molecule has 2 N–H and O–H groups in total. The minimum Gasteiger partial charge on any atom is -0.334 e. The summed E-state index contributed by atoms with van der Waals surface area (Å²) in [5, 5.41) is 6.00. The van der Waals surface area contributed by atoms with Crippen LogP contribution in [0.1, 0.15) is 30.9 Å². The highest BCUT2D eigenvalue weighted by atomic mass is 16.2. The summed E-state index contributed by atoms with van der Waals surface area (Å²) in [7, 11) is 0. The van der Waals surface area contributed by atoms with Crippen LogP contribution in [-0.2, 0) is 0 Å². The highest BCUT2D eigenvalue weighted by molar-refractivity contribution is 5.89. The van der Waals surface area contributed by atoms with E-state index in [2.05, 4.69) is 36.3 Å². The second-order valence-corrected chi connectivity index (χ2v) is 5.63. The fraction of sp³-hybridized carbons (Fsp3) is 0.562. The Morgan fingerprint density at radius 2 is 2.15 bits per heavy atom.